The highest BCUT2D eigenvalue weighted by Gasteiger charge is 2.29. The molecule has 31 heavy (non-hydrogen) atoms. The molecule has 0 atom stereocenters. The van der Waals surface area contributed by atoms with Crippen LogP contribution in [0.15, 0.2) is 48.5 Å². The molecule has 2 aliphatic rings. The van der Waals surface area contributed by atoms with Crippen LogP contribution in [0.1, 0.15) is 59.5 Å². The molecule has 0 unspecified atom stereocenters. The fourth-order valence-electron chi connectivity index (χ4n) is 5.28. The standard InChI is InChI=1S/C27H34N4/c1-20-11-12-25(21(2)18-20)31-27-24(10-6-7-15-28-27)26(29-31)23-13-16-30(17-14-23)19-22-8-4-3-5-9-22/h3-5,8-9,11-12,18,23,28H,6-7,10,13-17,19H2,1-2H3. The van der Waals surface area contributed by atoms with Crippen molar-refractivity contribution in [3.63, 3.8) is 0 Å². The Bertz CT molecular complexity index is 1030. The fraction of sp³-hybridized carbons (Fsp3) is 0.444. The number of fused-ring (bicyclic) bond motifs is 1. The largest absolute Gasteiger partial charge is 0.370 e. The first-order valence-corrected chi connectivity index (χ1v) is 11.9. The van der Waals surface area contributed by atoms with Crippen LogP contribution in [-0.4, -0.2) is 34.3 Å². The summed E-state index contributed by atoms with van der Waals surface area (Å²) in [7, 11) is 0. The zero-order valence-corrected chi connectivity index (χ0v) is 18.9. The average molecular weight is 415 g/mol. The topological polar surface area (TPSA) is 33.1 Å². The van der Waals surface area contributed by atoms with Crippen molar-refractivity contribution >= 4 is 5.82 Å². The van der Waals surface area contributed by atoms with Gasteiger partial charge in [0.05, 0.1) is 11.4 Å². The number of hydrogen-bond acceptors (Lipinski definition) is 3. The van der Waals surface area contributed by atoms with Crippen molar-refractivity contribution in [1.82, 2.24) is 14.7 Å². The fourth-order valence-corrected chi connectivity index (χ4v) is 5.28. The minimum Gasteiger partial charge on any atom is -0.370 e. The molecule has 0 aliphatic carbocycles. The van der Waals surface area contributed by atoms with Crippen LogP contribution in [0.25, 0.3) is 5.69 Å². The van der Waals surface area contributed by atoms with Crippen molar-refractivity contribution in [3.05, 3.63) is 76.5 Å². The summed E-state index contributed by atoms with van der Waals surface area (Å²) in [6.07, 6.45) is 6.02. The van der Waals surface area contributed by atoms with Gasteiger partial charge in [0.2, 0.25) is 0 Å². The monoisotopic (exact) mass is 414 g/mol. The molecule has 0 amide bonds. The highest BCUT2D eigenvalue weighted by Crippen LogP contribution is 2.37. The molecule has 1 fully saturated rings. The summed E-state index contributed by atoms with van der Waals surface area (Å²) in [6, 6.07) is 17.6. The summed E-state index contributed by atoms with van der Waals surface area (Å²) in [4.78, 5) is 2.60. The maximum Gasteiger partial charge on any atom is 0.133 e. The molecule has 5 rings (SSSR count). The highest BCUT2D eigenvalue weighted by molar-refractivity contribution is 5.57. The van der Waals surface area contributed by atoms with E-state index >= 15 is 0 Å². The second-order valence-electron chi connectivity index (χ2n) is 9.33. The number of nitrogens with one attached hydrogen (secondary N) is 1. The Hall–Kier alpha value is -2.59. The Balaban J connectivity index is 1.40. The van der Waals surface area contributed by atoms with Crippen molar-refractivity contribution in [2.45, 2.75) is 58.4 Å². The van der Waals surface area contributed by atoms with Gasteiger partial charge in [-0.3, -0.25) is 4.90 Å². The third-order valence-corrected chi connectivity index (χ3v) is 6.96. The summed E-state index contributed by atoms with van der Waals surface area (Å²) >= 11 is 0. The van der Waals surface area contributed by atoms with Gasteiger partial charge in [0.15, 0.2) is 0 Å². The third kappa shape index (κ3) is 4.27. The summed E-state index contributed by atoms with van der Waals surface area (Å²) in [6.45, 7) is 8.77. The molecule has 0 bridgehead atoms. The van der Waals surface area contributed by atoms with Gasteiger partial charge in [-0.2, -0.15) is 5.10 Å². The minimum absolute atomic E-state index is 0.563. The Morgan fingerprint density at radius 3 is 2.58 bits per heavy atom. The van der Waals surface area contributed by atoms with Crippen LogP contribution in [-0.2, 0) is 13.0 Å². The molecule has 2 aliphatic heterocycles. The van der Waals surface area contributed by atoms with Crippen LogP contribution in [0.4, 0.5) is 5.82 Å². The number of benzene rings is 2. The van der Waals surface area contributed by atoms with E-state index in [2.05, 4.69) is 77.3 Å². The first-order valence-electron chi connectivity index (χ1n) is 11.9. The molecule has 3 heterocycles. The Kier molecular flexibility index (Phi) is 5.82. The van der Waals surface area contributed by atoms with E-state index in [4.69, 9.17) is 5.10 Å². The predicted molar refractivity (Wildman–Crippen MR) is 128 cm³/mol. The molecule has 0 spiro atoms. The number of likely N-dealkylation sites (tertiary alicyclic amines) is 1. The van der Waals surface area contributed by atoms with E-state index in [1.807, 2.05) is 0 Å². The van der Waals surface area contributed by atoms with E-state index in [1.165, 1.54) is 65.1 Å². The lowest BCUT2D eigenvalue weighted by Gasteiger charge is -2.31. The third-order valence-electron chi connectivity index (χ3n) is 6.96. The van der Waals surface area contributed by atoms with Crippen molar-refractivity contribution < 1.29 is 0 Å². The van der Waals surface area contributed by atoms with Crippen LogP contribution in [0, 0.1) is 13.8 Å². The molecular weight excluding hydrogens is 380 g/mol. The van der Waals surface area contributed by atoms with Crippen LogP contribution in [0.2, 0.25) is 0 Å². The summed E-state index contributed by atoms with van der Waals surface area (Å²) < 4.78 is 2.21. The molecule has 1 saturated heterocycles. The van der Waals surface area contributed by atoms with E-state index in [1.54, 1.807) is 0 Å². The molecule has 4 heteroatoms. The Labute approximate surface area is 186 Å². The lowest BCUT2D eigenvalue weighted by atomic mass is 9.90. The molecule has 162 valence electrons. The zero-order valence-electron chi connectivity index (χ0n) is 18.9. The maximum atomic E-state index is 5.26. The van der Waals surface area contributed by atoms with E-state index in [9.17, 15) is 0 Å². The van der Waals surface area contributed by atoms with Gasteiger partial charge in [0.25, 0.3) is 0 Å². The molecule has 1 N–H and O–H groups in total. The van der Waals surface area contributed by atoms with Gasteiger partial charge in [-0.25, -0.2) is 4.68 Å². The molecule has 0 saturated carbocycles. The molecular formula is C27H34N4. The van der Waals surface area contributed by atoms with Gasteiger partial charge in [0, 0.05) is 24.6 Å². The number of nitrogens with zero attached hydrogens (tertiary/aromatic N) is 3. The van der Waals surface area contributed by atoms with Gasteiger partial charge in [-0.15, -0.1) is 0 Å². The molecule has 1 aromatic heterocycles. The number of rotatable bonds is 4. The molecule has 4 nitrogen and oxygen atoms in total. The molecule has 0 radical (unpaired) electrons. The number of anilines is 1. The van der Waals surface area contributed by atoms with E-state index < -0.39 is 0 Å². The van der Waals surface area contributed by atoms with Crippen molar-refractivity contribution in [2.24, 2.45) is 0 Å². The lowest BCUT2D eigenvalue weighted by Crippen LogP contribution is -2.32. The minimum atomic E-state index is 0.563. The average Bonchev–Trinajstić information content (AvgIpc) is 2.96. The number of hydrogen-bond donors (Lipinski definition) is 1. The smallest absolute Gasteiger partial charge is 0.133 e. The predicted octanol–water partition coefficient (Wildman–Crippen LogP) is 5.62. The van der Waals surface area contributed by atoms with Crippen LogP contribution in [0.3, 0.4) is 0 Å². The second kappa shape index (κ2) is 8.88. The van der Waals surface area contributed by atoms with E-state index in [-0.39, 0.29) is 0 Å². The maximum absolute atomic E-state index is 5.26. The van der Waals surface area contributed by atoms with Gasteiger partial charge >= 0.3 is 0 Å². The van der Waals surface area contributed by atoms with Crippen molar-refractivity contribution in [1.29, 1.82) is 0 Å². The SMILES string of the molecule is Cc1ccc(-n2nc(C3CCN(Cc4ccccc4)CC3)c3c2NCCCC3)c(C)c1. The van der Waals surface area contributed by atoms with Crippen LogP contribution in [0.5, 0.6) is 0 Å². The molecule has 2 aromatic carbocycles. The van der Waals surface area contributed by atoms with Crippen LogP contribution >= 0.6 is 0 Å². The Morgan fingerprint density at radius 2 is 1.81 bits per heavy atom. The first-order chi connectivity index (χ1) is 15.2. The van der Waals surface area contributed by atoms with Crippen LogP contribution < -0.4 is 5.32 Å². The summed E-state index contributed by atoms with van der Waals surface area (Å²) in [5, 5.41) is 8.99. The van der Waals surface area contributed by atoms with Crippen molar-refractivity contribution in [2.75, 3.05) is 25.0 Å². The highest BCUT2D eigenvalue weighted by atomic mass is 15.3. The number of aryl methyl sites for hydroxylation is 2. The van der Waals surface area contributed by atoms with Gasteiger partial charge in [0.1, 0.15) is 5.82 Å². The summed E-state index contributed by atoms with van der Waals surface area (Å²) in [5.74, 6) is 1.80. The first kappa shape index (κ1) is 20.3. The Morgan fingerprint density at radius 1 is 1.00 bits per heavy atom. The van der Waals surface area contributed by atoms with Gasteiger partial charge in [-0.05, 0) is 76.2 Å². The van der Waals surface area contributed by atoms with Gasteiger partial charge < -0.3 is 5.32 Å². The number of piperidine rings is 1. The molecule has 3 aromatic rings. The number of aromatic nitrogens is 2. The zero-order chi connectivity index (χ0) is 21.2. The van der Waals surface area contributed by atoms with Crippen molar-refractivity contribution in [3.8, 4) is 5.69 Å². The van der Waals surface area contributed by atoms with E-state index in [0.717, 1.165) is 32.6 Å². The van der Waals surface area contributed by atoms with E-state index in [0.29, 0.717) is 5.92 Å². The summed E-state index contributed by atoms with van der Waals surface area (Å²) in [5.41, 5.74) is 8.05. The second-order valence-corrected chi connectivity index (χ2v) is 9.33. The van der Waals surface area contributed by atoms with Gasteiger partial charge in [-0.1, -0.05) is 48.0 Å². The quantitative estimate of drug-likeness (QED) is 0.602. The lowest BCUT2D eigenvalue weighted by molar-refractivity contribution is 0.203. The normalized spacial score (nSPS) is 17.7.